The Kier molecular flexibility index (Phi) is 13.2. The number of amides is 3. The molecule has 6 rings (SSSR count). The van der Waals surface area contributed by atoms with Crippen LogP contribution >= 0.6 is 24.0 Å². The van der Waals surface area contributed by atoms with Crippen molar-refractivity contribution in [2.75, 3.05) is 18.4 Å². The van der Waals surface area contributed by atoms with Gasteiger partial charge in [-0.1, -0.05) is 41.9 Å². The lowest BCUT2D eigenvalue weighted by atomic mass is 9.81. The van der Waals surface area contributed by atoms with Gasteiger partial charge in [0.25, 0.3) is 5.91 Å². The van der Waals surface area contributed by atoms with Gasteiger partial charge in [0.05, 0.1) is 0 Å². The predicted octanol–water partition coefficient (Wildman–Crippen LogP) is 4.91. The molecule has 2 unspecified atom stereocenters. The molecule has 4 aromatic rings. The summed E-state index contributed by atoms with van der Waals surface area (Å²) in [5.41, 5.74) is 10.3. The first kappa shape index (κ1) is 37.9. The topological polar surface area (TPSA) is 180 Å². The molecule has 0 bridgehead atoms. The fourth-order valence-corrected chi connectivity index (χ4v) is 7.14. The summed E-state index contributed by atoms with van der Waals surface area (Å²) in [5.74, 6) is 0.175. The molecular weight excluding hydrogens is 689 g/mol. The van der Waals surface area contributed by atoms with Crippen LogP contribution in [0.3, 0.4) is 0 Å². The number of nitrogens with two attached hydrogens (primary N) is 1. The molecule has 2 fully saturated rings. The zero-order chi connectivity index (χ0) is 35.0. The van der Waals surface area contributed by atoms with Crippen molar-refractivity contribution in [1.29, 1.82) is 0 Å². The molecule has 1 aliphatic carbocycles. The van der Waals surface area contributed by atoms with E-state index in [9.17, 15) is 14.4 Å². The molecule has 12 nitrogen and oxygen atoms in total. The number of carbonyl (C=O) groups is 3. The number of nitrogens with one attached hydrogen (secondary N) is 5. The van der Waals surface area contributed by atoms with Crippen LogP contribution in [0, 0.1) is 11.8 Å². The highest BCUT2D eigenvalue weighted by Crippen LogP contribution is 2.31. The van der Waals surface area contributed by atoms with Gasteiger partial charge < -0.3 is 27.0 Å². The summed E-state index contributed by atoms with van der Waals surface area (Å²) in [7, 11) is 0. The van der Waals surface area contributed by atoms with Gasteiger partial charge in [-0.2, -0.15) is 5.21 Å². The van der Waals surface area contributed by atoms with Crippen molar-refractivity contribution >= 4 is 47.4 Å². The summed E-state index contributed by atoms with van der Waals surface area (Å²) in [6, 6.07) is 19.9. The molecule has 1 aromatic heterocycles. The third-order valence-electron chi connectivity index (χ3n) is 9.83. The maximum absolute atomic E-state index is 13.7. The lowest BCUT2D eigenvalue weighted by Gasteiger charge is -2.28. The van der Waals surface area contributed by atoms with Crippen molar-refractivity contribution < 1.29 is 14.4 Å². The highest BCUT2D eigenvalue weighted by atomic mass is 35.5. The van der Waals surface area contributed by atoms with Gasteiger partial charge in [0.2, 0.25) is 17.6 Å². The van der Waals surface area contributed by atoms with Gasteiger partial charge in [0.1, 0.15) is 6.04 Å². The third kappa shape index (κ3) is 9.91. The van der Waals surface area contributed by atoms with E-state index in [-0.39, 0.29) is 42.1 Å². The Morgan fingerprint density at radius 2 is 1.69 bits per heavy atom. The molecule has 3 atom stereocenters. The summed E-state index contributed by atoms with van der Waals surface area (Å²) in [6.07, 6.45) is 5.41. The van der Waals surface area contributed by atoms with Crippen molar-refractivity contribution in [3.8, 4) is 22.5 Å². The van der Waals surface area contributed by atoms with Crippen LogP contribution in [0.5, 0.6) is 0 Å². The molecule has 1 saturated carbocycles. The van der Waals surface area contributed by atoms with Crippen LogP contribution in [-0.2, 0) is 16.0 Å². The molecule has 270 valence electrons. The number of tetrazole rings is 1. The number of H-pyrrole nitrogens is 1. The molecule has 1 saturated heterocycles. The fourth-order valence-electron chi connectivity index (χ4n) is 6.85. The van der Waals surface area contributed by atoms with Crippen LogP contribution in [0.25, 0.3) is 22.5 Å². The first-order chi connectivity index (χ1) is 24.2. The van der Waals surface area contributed by atoms with Crippen molar-refractivity contribution in [1.82, 2.24) is 36.6 Å². The van der Waals surface area contributed by atoms with E-state index in [1.807, 2.05) is 30.3 Å². The van der Waals surface area contributed by atoms with E-state index in [0.29, 0.717) is 47.0 Å². The Morgan fingerprint density at radius 1 is 0.961 bits per heavy atom. The van der Waals surface area contributed by atoms with E-state index < -0.39 is 6.04 Å². The van der Waals surface area contributed by atoms with Crippen molar-refractivity contribution in [3.05, 3.63) is 82.9 Å². The first-order valence-electron chi connectivity index (χ1n) is 17.3. The number of anilines is 1. The lowest BCUT2D eigenvalue weighted by molar-refractivity contribution is -0.130. The summed E-state index contributed by atoms with van der Waals surface area (Å²) >= 11 is 6.70. The first-order valence-corrected chi connectivity index (χ1v) is 17.7. The molecule has 0 spiro atoms. The SMILES string of the molecule is CC1CC(NC(=O)c2ccc(-c3ccc(C[C@H](NC(=O)[C@H]4CC[C@H](CN)CC4)C(=O)Nc4ccc(-c5nn[nH]n5)cc4)cc3)c(Cl)c2)CCN1.Cl. The van der Waals surface area contributed by atoms with Crippen LogP contribution in [0.2, 0.25) is 5.02 Å². The zero-order valence-electron chi connectivity index (χ0n) is 28.5. The van der Waals surface area contributed by atoms with E-state index in [2.05, 4.69) is 48.8 Å². The van der Waals surface area contributed by atoms with Crippen LogP contribution < -0.4 is 27.0 Å². The maximum Gasteiger partial charge on any atom is 0.251 e. The standard InChI is InChI=1S/C37H44ClN9O3.ClH/c1-22-18-30(16-17-40-22)42-36(49)28-12-15-31(32(38)20-28)25-6-2-23(3-7-25)19-33(43-35(48)27-8-4-24(21-39)5-9-27)37(50)41-29-13-10-26(11-14-29)34-44-46-47-45-34;/h2-3,6-7,10-15,20,22,24,27,30,33,40H,4-5,8-9,16-19,21,39H2,1H3,(H,41,50)(H,42,49)(H,43,48)(H,44,45,46,47);1H/t22?,24-,27-,30?,33-;/m0./s1. The molecule has 3 aromatic carbocycles. The van der Waals surface area contributed by atoms with Gasteiger partial charge in [0.15, 0.2) is 0 Å². The Balaban J connectivity index is 0.00000504. The lowest BCUT2D eigenvalue weighted by Crippen LogP contribution is -2.48. The third-order valence-corrected chi connectivity index (χ3v) is 10.1. The number of nitrogens with zero attached hydrogens (tertiary/aromatic N) is 3. The van der Waals surface area contributed by atoms with Crippen LogP contribution in [0.1, 0.15) is 61.4 Å². The average Bonchev–Trinajstić information content (AvgIpc) is 3.67. The Labute approximate surface area is 308 Å². The summed E-state index contributed by atoms with van der Waals surface area (Å²) < 4.78 is 0. The number of carbonyl (C=O) groups excluding carboxylic acids is 3. The molecule has 2 aliphatic rings. The molecule has 2 heterocycles. The molecule has 1 aliphatic heterocycles. The average molecular weight is 735 g/mol. The minimum atomic E-state index is -0.804. The number of rotatable bonds is 11. The normalized spacial score (nSPS) is 20.8. The van der Waals surface area contributed by atoms with E-state index in [1.165, 1.54) is 0 Å². The summed E-state index contributed by atoms with van der Waals surface area (Å²) in [4.78, 5) is 40.0. The molecule has 14 heteroatoms. The quantitative estimate of drug-likeness (QED) is 0.126. The minimum Gasteiger partial charge on any atom is -0.349 e. The van der Waals surface area contributed by atoms with Crippen LogP contribution in [0.4, 0.5) is 5.69 Å². The molecule has 3 amide bonds. The predicted molar refractivity (Wildman–Crippen MR) is 200 cm³/mol. The second-order valence-corrected chi connectivity index (χ2v) is 13.9. The number of halogens is 2. The van der Waals surface area contributed by atoms with Gasteiger partial charge in [-0.25, -0.2) is 0 Å². The Hall–Kier alpha value is -4.36. The summed E-state index contributed by atoms with van der Waals surface area (Å²) in [6.45, 7) is 3.63. The number of aromatic nitrogens is 4. The number of hydrogen-bond acceptors (Lipinski definition) is 8. The van der Waals surface area contributed by atoms with Crippen molar-refractivity contribution in [3.63, 3.8) is 0 Å². The summed E-state index contributed by atoms with van der Waals surface area (Å²) in [5, 5.41) is 27.0. The van der Waals surface area contributed by atoms with Crippen molar-refractivity contribution in [2.45, 2.75) is 70.0 Å². The van der Waals surface area contributed by atoms with Gasteiger partial charge >= 0.3 is 0 Å². The Morgan fingerprint density at radius 3 is 2.33 bits per heavy atom. The molecule has 7 N–H and O–H groups in total. The highest BCUT2D eigenvalue weighted by Gasteiger charge is 2.29. The molecule has 51 heavy (non-hydrogen) atoms. The van der Waals surface area contributed by atoms with E-state index in [0.717, 1.165) is 67.3 Å². The maximum atomic E-state index is 13.7. The van der Waals surface area contributed by atoms with Crippen LogP contribution in [0.15, 0.2) is 66.7 Å². The second kappa shape index (κ2) is 17.7. The highest BCUT2D eigenvalue weighted by molar-refractivity contribution is 6.33. The number of aromatic amines is 1. The van der Waals surface area contributed by atoms with E-state index in [1.54, 1.807) is 36.4 Å². The zero-order valence-corrected chi connectivity index (χ0v) is 30.1. The second-order valence-electron chi connectivity index (χ2n) is 13.5. The van der Waals surface area contributed by atoms with E-state index in [4.69, 9.17) is 17.3 Å². The Bertz CT molecular complexity index is 1760. The largest absolute Gasteiger partial charge is 0.349 e. The molecule has 0 radical (unpaired) electrons. The number of piperidine rings is 1. The number of hydrogen-bond donors (Lipinski definition) is 6. The monoisotopic (exact) mass is 733 g/mol. The van der Waals surface area contributed by atoms with E-state index >= 15 is 0 Å². The minimum absolute atomic E-state index is 0. The van der Waals surface area contributed by atoms with Gasteiger partial charge in [-0.3, -0.25) is 14.4 Å². The van der Waals surface area contributed by atoms with Gasteiger partial charge in [0, 0.05) is 51.8 Å². The number of benzene rings is 3. The molecular formula is C37H45Cl2N9O3. The van der Waals surface area contributed by atoms with Crippen LogP contribution in [-0.4, -0.2) is 69.6 Å². The fraction of sp³-hybridized carbons (Fsp3) is 0.405. The van der Waals surface area contributed by atoms with Gasteiger partial charge in [-0.15, -0.1) is 22.6 Å². The smallest absolute Gasteiger partial charge is 0.251 e. The van der Waals surface area contributed by atoms with Gasteiger partial charge in [-0.05, 0) is 117 Å². The van der Waals surface area contributed by atoms with Crippen molar-refractivity contribution in [2.24, 2.45) is 17.6 Å².